The second-order valence-electron chi connectivity index (χ2n) is 7.59. The summed E-state index contributed by atoms with van der Waals surface area (Å²) in [6, 6.07) is 12.3. The minimum absolute atomic E-state index is 0.167. The number of carbonyl (C=O) groups is 1. The summed E-state index contributed by atoms with van der Waals surface area (Å²) >= 11 is 0. The Morgan fingerprint density at radius 2 is 2.07 bits per heavy atom. The third kappa shape index (κ3) is 4.04. The van der Waals surface area contributed by atoms with Gasteiger partial charge in [0.1, 0.15) is 5.75 Å². The molecule has 150 valence electrons. The molecule has 1 aliphatic rings. The number of benzene rings is 2. The number of ether oxygens (including phenoxy) is 1. The molecule has 0 atom stereocenters. The molecule has 1 N–H and O–H groups in total. The van der Waals surface area contributed by atoms with Crippen LogP contribution in [-0.4, -0.2) is 29.3 Å². The SMILES string of the molecule is Cc1cccc(OCCCC(=O)N2CCCc3c(-c4cn[nH]c4)cccc32)c1C. The largest absolute Gasteiger partial charge is 0.493 e. The number of H-pyrrole nitrogens is 1. The second kappa shape index (κ2) is 8.52. The highest BCUT2D eigenvalue weighted by Crippen LogP contribution is 2.35. The average molecular weight is 389 g/mol. The van der Waals surface area contributed by atoms with Gasteiger partial charge in [0.15, 0.2) is 0 Å². The van der Waals surface area contributed by atoms with Crippen LogP contribution in [0, 0.1) is 13.8 Å². The van der Waals surface area contributed by atoms with E-state index in [2.05, 4.69) is 42.2 Å². The van der Waals surface area contributed by atoms with Crippen molar-refractivity contribution < 1.29 is 9.53 Å². The fourth-order valence-corrected chi connectivity index (χ4v) is 3.97. The topological polar surface area (TPSA) is 58.2 Å². The van der Waals surface area contributed by atoms with Crippen LogP contribution in [-0.2, 0) is 11.2 Å². The Balaban J connectivity index is 1.40. The number of nitrogens with one attached hydrogen (secondary N) is 1. The van der Waals surface area contributed by atoms with Gasteiger partial charge in [-0.1, -0.05) is 24.3 Å². The van der Waals surface area contributed by atoms with Crippen molar-refractivity contribution in [2.75, 3.05) is 18.1 Å². The molecule has 0 aliphatic carbocycles. The lowest BCUT2D eigenvalue weighted by atomic mass is 9.93. The molecule has 5 heteroatoms. The third-order valence-corrected chi connectivity index (χ3v) is 5.71. The smallest absolute Gasteiger partial charge is 0.227 e. The number of aromatic nitrogens is 2. The fourth-order valence-electron chi connectivity index (χ4n) is 3.97. The van der Waals surface area contributed by atoms with E-state index in [4.69, 9.17) is 4.74 Å². The number of fused-ring (bicyclic) bond motifs is 1. The summed E-state index contributed by atoms with van der Waals surface area (Å²) < 4.78 is 5.91. The van der Waals surface area contributed by atoms with Crippen molar-refractivity contribution in [2.45, 2.75) is 39.5 Å². The van der Waals surface area contributed by atoms with Gasteiger partial charge in [-0.3, -0.25) is 9.89 Å². The maximum atomic E-state index is 12.9. The number of nitrogens with zero attached hydrogens (tertiary/aromatic N) is 2. The Hall–Kier alpha value is -3.08. The molecule has 0 fully saturated rings. The van der Waals surface area contributed by atoms with Gasteiger partial charge in [-0.15, -0.1) is 0 Å². The van der Waals surface area contributed by atoms with E-state index in [1.54, 1.807) is 0 Å². The number of carbonyl (C=O) groups excluding carboxylic acids is 1. The Labute approximate surface area is 171 Å². The van der Waals surface area contributed by atoms with Crippen LogP contribution in [0.1, 0.15) is 36.0 Å². The van der Waals surface area contributed by atoms with E-state index in [1.165, 1.54) is 11.1 Å². The van der Waals surface area contributed by atoms with Crippen LogP contribution in [0.3, 0.4) is 0 Å². The standard InChI is InChI=1S/C24H27N3O2/c1-17-7-3-11-23(18(17)2)29-14-6-12-24(28)27-13-5-9-21-20(8-4-10-22(21)27)19-15-25-26-16-19/h3-4,7-8,10-11,15-16H,5-6,9,12-14H2,1-2H3,(H,25,26). The highest BCUT2D eigenvalue weighted by atomic mass is 16.5. The van der Waals surface area contributed by atoms with Crippen LogP contribution in [0.15, 0.2) is 48.8 Å². The molecule has 1 amide bonds. The zero-order chi connectivity index (χ0) is 20.2. The van der Waals surface area contributed by atoms with Crippen LogP contribution in [0.4, 0.5) is 5.69 Å². The number of amides is 1. The summed E-state index contributed by atoms with van der Waals surface area (Å²) in [5, 5.41) is 6.95. The molecule has 3 aromatic rings. The number of rotatable bonds is 6. The lowest BCUT2D eigenvalue weighted by molar-refractivity contribution is -0.118. The van der Waals surface area contributed by atoms with Crippen molar-refractivity contribution in [1.82, 2.24) is 10.2 Å². The fraction of sp³-hybridized carbons (Fsp3) is 0.333. The number of aromatic amines is 1. The number of hydrogen-bond acceptors (Lipinski definition) is 3. The van der Waals surface area contributed by atoms with E-state index in [0.717, 1.165) is 47.5 Å². The molecular weight excluding hydrogens is 362 g/mol. The molecule has 1 aromatic heterocycles. The Kier molecular flexibility index (Phi) is 5.65. The van der Waals surface area contributed by atoms with Gasteiger partial charge in [-0.05, 0) is 67.5 Å². The molecule has 0 unspecified atom stereocenters. The summed E-state index contributed by atoms with van der Waals surface area (Å²) in [5.74, 6) is 1.07. The number of anilines is 1. The summed E-state index contributed by atoms with van der Waals surface area (Å²) in [4.78, 5) is 14.9. The van der Waals surface area contributed by atoms with Crippen molar-refractivity contribution in [1.29, 1.82) is 0 Å². The molecule has 5 nitrogen and oxygen atoms in total. The van der Waals surface area contributed by atoms with E-state index in [9.17, 15) is 4.79 Å². The minimum atomic E-state index is 0.167. The van der Waals surface area contributed by atoms with Gasteiger partial charge in [0.25, 0.3) is 0 Å². The monoisotopic (exact) mass is 389 g/mol. The van der Waals surface area contributed by atoms with Gasteiger partial charge in [0.05, 0.1) is 12.8 Å². The van der Waals surface area contributed by atoms with Gasteiger partial charge >= 0.3 is 0 Å². The van der Waals surface area contributed by atoms with Crippen molar-refractivity contribution in [3.8, 4) is 16.9 Å². The zero-order valence-corrected chi connectivity index (χ0v) is 17.1. The summed E-state index contributed by atoms with van der Waals surface area (Å²) in [6.07, 6.45) is 6.89. The molecule has 1 aliphatic heterocycles. The summed E-state index contributed by atoms with van der Waals surface area (Å²) in [7, 11) is 0. The maximum Gasteiger partial charge on any atom is 0.227 e. The molecule has 4 rings (SSSR count). The number of aryl methyl sites for hydroxylation is 1. The Bertz CT molecular complexity index is 995. The number of hydrogen-bond donors (Lipinski definition) is 1. The minimum Gasteiger partial charge on any atom is -0.493 e. The van der Waals surface area contributed by atoms with Gasteiger partial charge in [-0.25, -0.2) is 0 Å². The molecule has 2 heterocycles. The first-order valence-electron chi connectivity index (χ1n) is 10.3. The van der Waals surface area contributed by atoms with Gasteiger partial charge in [0.2, 0.25) is 5.91 Å². The van der Waals surface area contributed by atoms with Crippen LogP contribution < -0.4 is 9.64 Å². The molecular formula is C24H27N3O2. The molecule has 0 spiro atoms. The van der Waals surface area contributed by atoms with E-state index >= 15 is 0 Å². The van der Waals surface area contributed by atoms with E-state index in [1.807, 2.05) is 35.5 Å². The lowest BCUT2D eigenvalue weighted by Gasteiger charge is -2.31. The van der Waals surface area contributed by atoms with Crippen LogP contribution in [0.25, 0.3) is 11.1 Å². The zero-order valence-electron chi connectivity index (χ0n) is 17.1. The normalized spacial score (nSPS) is 13.2. The molecule has 2 aromatic carbocycles. The van der Waals surface area contributed by atoms with Crippen molar-refractivity contribution in [2.24, 2.45) is 0 Å². The Morgan fingerprint density at radius 3 is 2.90 bits per heavy atom. The summed E-state index contributed by atoms with van der Waals surface area (Å²) in [5.41, 5.74) is 6.88. The first-order chi connectivity index (χ1) is 14.1. The van der Waals surface area contributed by atoms with E-state index in [-0.39, 0.29) is 5.91 Å². The molecule has 0 saturated heterocycles. The van der Waals surface area contributed by atoms with Crippen molar-refractivity contribution in [3.05, 3.63) is 65.5 Å². The van der Waals surface area contributed by atoms with Gasteiger partial charge < -0.3 is 9.64 Å². The highest BCUT2D eigenvalue weighted by molar-refractivity contribution is 5.96. The van der Waals surface area contributed by atoms with Crippen molar-refractivity contribution >= 4 is 11.6 Å². The predicted molar refractivity (Wildman–Crippen MR) is 115 cm³/mol. The average Bonchev–Trinajstić information content (AvgIpc) is 3.27. The first kappa shape index (κ1) is 19.2. The molecule has 0 saturated carbocycles. The van der Waals surface area contributed by atoms with Gasteiger partial charge in [0, 0.05) is 30.4 Å². The second-order valence-corrected chi connectivity index (χ2v) is 7.59. The third-order valence-electron chi connectivity index (χ3n) is 5.71. The van der Waals surface area contributed by atoms with Crippen LogP contribution in [0.2, 0.25) is 0 Å². The van der Waals surface area contributed by atoms with E-state index < -0.39 is 0 Å². The highest BCUT2D eigenvalue weighted by Gasteiger charge is 2.24. The van der Waals surface area contributed by atoms with Gasteiger partial charge in [-0.2, -0.15) is 5.10 Å². The quantitative estimate of drug-likeness (QED) is 0.614. The summed E-state index contributed by atoms with van der Waals surface area (Å²) in [6.45, 7) is 5.47. The van der Waals surface area contributed by atoms with Crippen LogP contribution in [0.5, 0.6) is 5.75 Å². The molecule has 0 bridgehead atoms. The predicted octanol–water partition coefficient (Wildman–Crippen LogP) is 4.83. The van der Waals surface area contributed by atoms with E-state index in [0.29, 0.717) is 19.4 Å². The Morgan fingerprint density at radius 1 is 1.21 bits per heavy atom. The van der Waals surface area contributed by atoms with Crippen LogP contribution >= 0.6 is 0 Å². The first-order valence-corrected chi connectivity index (χ1v) is 10.3. The molecule has 0 radical (unpaired) electrons. The maximum absolute atomic E-state index is 12.9. The molecule has 29 heavy (non-hydrogen) atoms. The lowest BCUT2D eigenvalue weighted by Crippen LogP contribution is -2.35. The van der Waals surface area contributed by atoms with Crippen molar-refractivity contribution in [3.63, 3.8) is 0 Å².